The predicted molar refractivity (Wildman–Crippen MR) is 72.5 cm³/mol. The smallest absolute Gasteiger partial charge is 0.248 e. The Morgan fingerprint density at radius 1 is 1.15 bits per heavy atom. The van der Waals surface area contributed by atoms with Gasteiger partial charge in [-0.25, -0.2) is 8.78 Å². The van der Waals surface area contributed by atoms with Gasteiger partial charge in [0.05, 0.1) is 0 Å². The van der Waals surface area contributed by atoms with Gasteiger partial charge in [0.1, 0.15) is 0 Å². The molecule has 0 aromatic carbocycles. The number of likely N-dealkylation sites (tertiary alicyclic amines) is 1. The van der Waals surface area contributed by atoms with Crippen molar-refractivity contribution in [3.05, 3.63) is 0 Å². The summed E-state index contributed by atoms with van der Waals surface area (Å²) in [6.07, 6.45) is 4.19. The summed E-state index contributed by atoms with van der Waals surface area (Å²) in [4.78, 5) is 14.2. The molecule has 0 bridgehead atoms. The lowest BCUT2D eigenvalue weighted by molar-refractivity contribution is -0.141. The monoisotopic (exact) mass is 289 g/mol. The number of rotatable bonds is 4. The van der Waals surface area contributed by atoms with Gasteiger partial charge in [0.25, 0.3) is 0 Å². The maximum atomic E-state index is 13.1. The summed E-state index contributed by atoms with van der Waals surface area (Å²) in [5, 5.41) is 8.82. The van der Waals surface area contributed by atoms with E-state index >= 15 is 0 Å². The van der Waals surface area contributed by atoms with Crippen molar-refractivity contribution in [2.24, 2.45) is 11.8 Å². The third-order valence-electron chi connectivity index (χ3n) is 4.76. The van der Waals surface area contributed by atoms with Crippen molar-refractivity contribution in [1.82, 2.24) is 4.90 Å². The first kappa shape index (κ1) is 15.7. The Labute approximate surface area is 119 Å². The normalized spacial score (nSPS) is 24.9. The van der Waals surface area contributed by atoms with Crippen LogP contribution < -0.4 is 0 Å². The van der Waals surface area contributed by atoms with E-state index in [1.807, 2.05) is 4.90 Å². The largest absolute Gasteiger partial charge is 0.396 e. The number of aliphatic hydroxyl groups is 1. The van der Waals surface area contributed by atoms with Crippen LogP contribution in [0.1, 0.15) is 51.4 Å². The lowest BCUT2D eigenvalue weighted by Crippen LogP contribution is -2.43. The molecular formula is C15H25F2NO2. The molecule has 0 unspecified atom stereocenters. The van der Waals surface area contributed by atoms with Crippen molar-refractivity contribution in [2.75, 3.05) is 19.7 Å². The topological polar surface area (TPSA) is 40.5 Å². The fourth-order valence-electron chi connectivity index (χ4n) is 3.37. The fourth-order valence-corrected chi connectivity index (χ4v) is 3.37. The Balaban J connectivity index is 1.75. The van der Waals surface area contributed by atoms with E-state index in [1.54, 1.807) is 0 Å². The van der Waals surface area contributed by atoms with Crippen LogP contribution in [0, 0.1) is 11.8 Å². The number of hydrogen-bond donors (Lipinski definition) is 1. The molecule has 2 rings (SSSR count). The molecule has 1 N–H and O–H groups in total. The summed E-state index contributed by atoms with van der Waals surface area (Å²) in [5.41, 5.74) is 0. The van der Waals surface area contributed by atoms with Gasteiger partial charge in [-0.2, -0.15) is 0 Å². The van der Waals surface area contributed by atoms with Crippen LogP contribution in [0.15, 0.2) is 0 Å². The summed E-state index contributed by atoms with van der Waals surface area (Å²) in [5.74, 6) is -2.07. The summed E-state index contributed by atoms with van der Waals surface area (Å²) in [7, 11) is 0. The van der Waals surface area contributed by atoms with Crippen LogP contribution in [0.5, 0.6) is 0 Å². The fraction of sp³-hybridized carbons (Fsp3) is 0.933. The summed E-state index contributed by atoms with van der Waals surface area (Å²) < 4.78 is 26.2. The van der Waals surface area contributed by atoms with Crippen LogP contribution in [-0.4, -0.2) is 41.5 Å². The first-order valence-electron chi connectivity index (χ1n) is 7.79. The number of carbonyl (C=O) groups is 1. The van der Waals surface area contributed by atoms with Crippen molar-refractivity contribution in [1.29, 1.82) is 0 Å². The number of aliphatic hydroxyl groups excluding tert-OH is 1. The molecule has 116 valence electrons. The highest BCUT2D eigenvalue weighted by Crippen LogP contribution is 2.37. The Kier molecular flexibility index (Phi) is 5.35. The van der Waals surface area contributed by atoms with Gasteiger partial charge in [-0.15, -0.1) is 0 Å². The second-order valence-electron chi connectivity index (χ2n) is 6.26. The van der Waals surface area contributed by atoms with E-state index in [-0.39, 0.29) is 31.3 Å². The molecule has 0 spiro atoms. The third kappa shape index (κ3) is 4.14. The van der Waals surface area contributed by atoms with Gasteiger partial charge in [-0.1, -0.05) is 0 Å². The average Bonchev–Trinajstić information content (AvgIpc) is 2.45. The standard InChI is InChI=1S/C15H25F2NO2/c16-15(17)7-3-13(4-8-15)14(20)18-9-5-12(6-10-18)2-1-11-19/h12-13,19H,1-11H2. The molecule has 5 heteroatoms. The van der Waals surface area contributed by atoms with E-state index in [2.05, 4.69) is 0 Å². The van der Waals surface area contributed by atoms with E-state index in [0.717, 1.165) is 38.8 Å². The molecule has 1 aliphatic carbocycles. The summed E-state index contributed by atoms with van der Waals surface area (Å²) in [6.45, 7) is 1.74. The number of hydrogen-bond acceptors (Lipinski definition) is 2. The quantitative estimate of drug-likeness (QED) is 0.864. The number of amides is 1. The van der Waals surface area contributed by atoms with E-state index in [0.29, 0.717) is 18.8 Å². The molecule has 1 heterocycles. The summed E-state index contributed by atoms with van der Waals surface area (Å²) in [6, 6.07) is 0. The zero-order chi connectivity index (χ0) is 14.6. The molecule has 2 fully saturated rings. The molecule has 1 saturated carbocycles. The molecule has 1 aliphatic heterocycles. The van der Waals surface area contributed by atoms with Crippen molar-refractivity contribution in [2.45, 2.75) is 57.3 Å². The lowest BCUT2D eigenvalue weighted by Gasteiger charge is -2.36. The minimum Gasteiger partial charge on any atom is -0.396 e. The van der Waals surface area contributed by atoms with Crippen molar-refractivity contribution in [3.63, 3.8) is 0 Å². The molecule has 0 aromatic rings. The van der Waals surface area contributed by atoms with Gasteiger partial charge in [-0.3, -0.25) is 4.79 Å². The van der Waals surface area contributed by atoms with Gasteiger partial charge >= 0.3 is 0 Å². The molecule has 20 heavy (non-hydrogen) atoms. The number of alkyl halides is 2. The van der Waals surface area contributed by atoms with Crippen LogP contribution in [-0.2, 0) is 4.79 Å². The van der Waals surface area contributed by atoms with Gasteiger partial charge in [0.2, 0.25) is 11.8 Å². The minimum absolute atomic E-state index is 0.0844. The number of halogens is 2. The first-order chi connectivity index (χ1) is 9.52. The first-order valence-corrected chi connectivity index (χ1v) is 7.79. The van der Waals surface area contributed by atoms with Gasteiger partial charge < -0.3 is 10.0 Å². The molecule has 1 saturated heterocycles. The van der Waals surface area contributed by atoms with Crippen molar-refractivity contribution >= 4 is 5.91 Å². The van der Waals surface area contributed by atoms with Crippen LogP contribution in [0.2, 0.25) is 0 Å². The van der Waals surface area contributed by atoms with Crippen molar-refractivity contribution < 1.29 is 18.7 Å². The Morgan fingerprint density at radius 3 is 2.30 bits per heavy atom. The lowest BCUT2D eigenvalue weighted by atomic mass is 9.85. The van der Waals surface area contributed by atoms with Crippen molar-refractivity contribution in [3.8, 4) is 0 Å². The van der Waals surface area contributed by atoms with E-state index < -0.39 is 5.92 Å². The van der Waals surface area contributed by atoms with Gasteiger partial charge in [0, 0.05) is 38.5 Å². The van der Waals surface area contributed by atoms with Crippen LogP contribution >= 0.6 is 0 Å². The highest BCUT2D eigenvalue weighted by atomic mass is 19.3. The van der Waals surface area contributed by atoms with E-state index in [9.17, 15) is 13.6 Å². The predicted octanol–water partition coefficient (Wildman–Crippen LogP) is 2.82. The summed E-state index contributed by atoms with van der Waals surface area (Å²) >= 11 is 0. The zero-order valence-electron chi connectivity index (χ0n) is 12.0. The van der Waals surface area contributed by atoms with Crippen LogP contribution in [0.3, 0.4) is 0 Å². The van der Waals surface area contributed by atoms with E-state index in [1.165, 1.54) is 0 Å². The maximum Gasteiger partial charge on any atom is 0.248 e. The minimum atomic E-state index is -2.56. The van der Waals surface area contributed by atoms with Gasteiger partial charge in [-0.05, 0) is 44.4 Å². The van der Waals surface area contributed by atoms with Gasteiger partial charge in [0.15, 0.2) is 0 Å². The highest BCUT2D eigenvalue weighted by Gasteiger charge is 2.39. The zero-order valence-corrected chi connectivity index (χ0v) is 12.0. The Bertz CT molecular complexity index is 318. The number of carbonyl (C=O) groups excluding carboxylic acids is 1. The molecule has 0 radical (unpaired) electrons. The molecule has 2 aliphatic rings. The molecule has 1 amide bonds. The second kappa shape index (κ2) is 6.83. The van der Waals surface area contributed by atoms with Crippen LogP contribution in [0.25, 0.3) is 0 Å². The molecule has 3 nitrogen and oxygen atoms in total. The van der Waals surface area contributed by atoms with Crippen LogP contribution in [0.4, 0.5) is 8.78 Å². The number of nitrogens with zero attached hydrogens (tertiary/aromatic N) is 1. The van der Waals surface area contributed by atoms with E-state index in [4.69, 9.17) is 5.11 Å². The Morgan fingerprint density at radius 2 is 1.75 bits per heavy atom. The second-order valence-corrected chi connectivity index (χ2v) is 6.26. The maximum absolute atomic E-state index is 13.1. The molecule has 0 aromatic heterocycles. The number of piperidine rings is 1. The Hall–Kier alpha value is -0.710. The molecule has 0 atom stereocenters. The highest BCUT2D eigenvalue weighted by molar-refractivity contribution is 5.79. The average molecular weight is 289 g/mol. The molecular weight excluding hydrogens is 264 g/mol. The SMILES string of the molecule is O=C(C1CCC(F)(F)CC1)N1CCC(CCCO)CC1. The third-order valence-corrected chi connectivity index (χ3v) is 4.76.